The Hall–Kier alpha value is -3.56. The van der Waals surface area contributed by atoms with Crippen molar-refractivity contribution >= 4 is 38.8 Å². The summed E-state index contributed by atoms with van der Waals surface area (Å²) in [6.07, 6.45) is 3.38. The van der Waals surface area contributed by atoms with Gasteiger partial charge >= 0.3 is 0 Å². The second kappa shape index (κ2) is 9.15. The highest BCUT2D eigenvalue weighted by atomic mass is 35.5. The molecule has 0 bridgehead atoms. The van der Waals surface area contributed by atoms with Gasteiger partial charge in [-0.3, -0.25) is 9.69 Å². The number of rotatable bonds is 5. The fraction of sp³-hybridized carbons (Fsp3) is 0.269. The first-order valence-corrected chi connectivity index (χ1v) is 12.8. The average molecular weight is 522 g/mol. The largest absolute Gasteiger partial charge is 0.493 e. The zero-order chi connectivity index (χ0) is 24.8. The van der Waals surface area contributed by atoms with E-state index in [2.05, 4.69) is 15.0 Å². The minimum Gasteiger partial charge on any atom is -0.493 e. The van der Waals surface area contributed by atoms with Crippen LogP contribution in [0.5, 0.6) is 11.5 Å². The zero-order valence-corrected chi connectivity index (χ0v) is 21.5. The van der Waals surface area contributed by atoms with E-state index in [-0.39, 0.29) is 5.91 Å². The Bertz CT molecular complexity index is 1450. The molecule has 8 nitrogen and oxygen atoms in total. The molecule has 10 heteroatoms. The standard InChI is InChI=1S/C26H24ClN5O3S/c1-34-20-10-5-16(12-21(20)35-2)13-30-15-32-23(28-14-29-32)22-19-4-3-11-31(25(19)36-26(22)30)24(33)17-6-8-18(27)9-7-17/h5-10,12,14H,3-4,11,13,15H2,1-2H3. The highest BCUT2D eigenvalue weighted by Crippen LogP contribution is 2.51. The average Bonchev–Trinajstić information content (AvgIpc) is 3.53. The van der Waals surface area contributed by atoms with Crippen LogP contribution in [-0.2, 0) is 19.6 Å². The Balaban J connectivity index is 1.40. The third-order valence-corrected chi connectivity index (χ3v) is 8.18. The zero-order valence-electron chi connectivity index (χ0n) is 19.9. The van der Waals surface area contributed by atoms with E-state index in [1.807, 2.05) is 27.8 Å². The van der Waals surface area contributed by atoms with Crippen LogP contribution in [-0.4, -0.2) is 41.4 Å². The van der Waals surface area contributed by atoms with Crippen LogP contribution in [0.4, 0.5) is 10.0 Å². The summed E-state index contributed by atoms with van der Waals surface area (Å²) in [4.78, 5) is 22.3. The van der Waals surface area contributed by atoms with Gasteiger partial charge in [0.15, 0.2) is 17.3 Å². The molecule has 1 amide bonds. The second-order valence-corrected chi connectivity index (χ2v) is 10.2. The van der Waals surface area contributed by atoms with Crippen molar-refractivity contribution in [2.45, 2.75) is 26.1 Å². The van der Waals surface area contributed by atoms with E-state index in [9.17, 15) is 4.79 Å². The SMILES string of the molecule is COc1ccc(CN2Cn3ncnc3-c3c2sc2c3CCCN2C(=O)c2ccc(Cl)cc2)cc1OC. The van der Waals surface area contributed by atoms with E-state index in [1.165, 1.54) is 0 Å². The first-order valence-electron chi connectivity index (χ1n) is 11.6. The molecule has 2 aliphatic rings. The van der Waals surface area contributed by atoms with E-state index >= 15 is 0 Å². The number of thiophene rings is 1. The van der Waals surface area contributed by atoms with Crippen molar-refractivity contribution in [2.75, 3.05) is 30.6 Å². The summed E-state index contributed by atoms with van der Waals surface area (Å²) in [7, 11) is 3.27. The third-order valence-electron chi connectivity index (χ3n) is 6.61. The molecule has 2 aromatic heterocycles. The van der Waals surface area contributed by atoms with Crippen LogP contribution in [0.2, 0.25) is 5.02 Å². The molecule has 0 spiro atoms. The summed E-state index contributed by atoms with van der Waals surface area (Å²) >= 11 is 7.70. The molecule has 4 aromatic rings. The molecule has 6 rings (SSSR count). The highest BCUT2D eigenvalue weighted by Gasteiger charge is 2.36. The Morgan fingerprint density at radius 1 is 1.08 bits per heavy atom. The number of aromatic nitrogens is 3. The van der Waals surface area contributed by atoms with Crippen LogP contribution < -0.4 is 19.3 Å². The van der Waals surface area contributed by atoms with Gasteiger partial charge in [-0.15, -0.1) is 0 Å². The first-order chi connectivity index (χ1) is 17.6. The Labute approximate surface area is 217 Å². The lowest BCUT2D eigenvalue weighted by Gasteiger charge is -2.29. The fourth-order valence-corrected chi connectivity index (χ4v) is 6.40. The highest BCUT2D eigenvalue weighted by molar-refractivity contribution is 7.21. The van der Waals surface area contributed by atoms with Crippen LogP contribution in [0.1, 0.15) is 27.9 Å². The number of ether oxygens (including phenoxy) is 2. The third kappa shape index (κ3) is 3.79. The molecule has 0 saturated carbocycles. The summed E-state index contributed by atoms with van der Waals surface area (Å²) in [6, 6.07) is 13.0. The molecule has 2 aliphatic heterocycles. The van der Waals surface area contributed by atoms with Gasteiger partial charge in [-0.05, 0) is 54.8 Å². The minimum atomic E-state index is -0.0147. The van der Waals surface area contributed by atoms with Crippen molar-refractivity contribution in [3.63, 3.8) is 0 Å². The van der Waals surface area contributed by atoms with Crippen LogP contribution in [0, 0.1) is 0 Å². The van der Waals surface area contributed by atoms with E-state index < -0.39 is 0 Å². The number of hydrogen-bond donors (Lipinski definition) is 0. The van der Waals surface area contributed by atoms with Gasteiger partial charge in [0.1, 0.15) is 23.0 Å². The summed E-state index contributed by atoms with van der Waals surface area (Å²) in [5, 5.41) is 7.18. The molecule has 4 heterocycles. The topological polar surface area (TPSA) is 72.7 Å². The molecule has 184 valence electrons. The Morgan fingerprint density at radius 3 is 2.67 bits per heavy atom. The molecule has 0 aliphatic carbocycles. The fourth-order valence-electron chi connectivity index (χ4n) is 4.91. The van der Waals surface area contributed by atoms with Crippen LogP contribution >= 0.6 is 22.9 Å². The molecule has 0 saturated heterocycles. The molecule has 0 atom stereocenters. The number of amides is 1. The van der Waals surface area contributed by atoms with Gasteiger partial charge in [0.2, 0.25) is 0 Å². The van der Waals surface area contributed by atoms with Gasteiger partial charge in [0.25, 0.3) is 5.91 Å². The number of fused-ring (bicyclic) bond motifs is 5. The summed E-state index contributed by atoms with van der Waals surface area (Å²) in [6.45, 7) is 1.90. The van der Waals surface area contributed by atoms with E-state index in [0.717, 1.165) is 45.4 Å². The first kappa shape index (κ1) is 22.9. The smallest absolute Gasteiger partial charge is 0.258 e. The lowest BCUT2D eigenvalue weighted by Crippen LogP contribution is -2.34. The van der Waals surface area contributed by atoms with Gasteiger partial charge in [-0.2, -0.15) is 5.10 Å². The number of anilines is 2. The number of methoxy groups -OCH3 is 2. The minimum absolute atomic E-state index is 0.0147. The Morgan fingerprint density at radius 2 is 1.89 bits per heavy atom. The van der Waals surface area contributed by atoms with Crippen molar-refractivity contribution in [2.24, 2.45) is 0 Å². The summed E-state index contributed by atoms with van der Waals surface area (Å²) in [5.41, 5.74) is 3.95. The molecular weight excluding hydrogens is 498 g/mol. The maximum Gasteiger partial charge on any atom is 0.258 e. The molecule has 0 radical (unpaired) electrons. The maximum absolute atomic E-state index is 13.5. The summed E-state index contributed by atoms with van der Waals surface area (Å²) < 4.78 is 12.8. The van der Waals surface area contributed by atoms with Gasteiger partial charge in [0.05, 0.1) is 19.8 Å². The maximum atomic E-state index is 13.5. The molecule has 0 fully saturated rings. The quantitative estimate of drug-likeness (QED) is 0.357. The van der Waals surface area contributed by atoms with E-state index in [4.69, 9.17) is 21.1 Å². The van der Waals surface area contributed by atoms with Crippen LogP contribution in [0.15, 0.2) is 48.8 Å². The molecule has 0 N–H and O–H groups in total. The molecule has 0 unspecified atom stereocenters. The van der Waals surface area contributed by atoms with Crippen molar-refractivity contribution in [3.8, 4) is 22.9 Å². The number of carbonyl (C=O) groups excluding carboxylic acids is 1. The van der Waals surface area contributed by atoms with Gasteiger partial charge in [-0.25, -0.2) is 9.67 Å². The molecule has 2 aromatic carbocycles. The Kier molecular flexibility index (Phi) is 5.81. The number of carbonyl (C=O) groups is 1. The predicted molar refractivity (Wildman–Crippen MR) is 141 cm³/mol. The normalized spacial score (nSPS) is 14.2. The predicted octanol–water partition coefficient (Wildman–Crippen LogP) is 5.25. The second-order valence-electron chi connectivity index (χ2n) is 8.75. The lowest BCUT2D eigenvalue weighted by atomic mass is 10.0. The van der Waals surface area contributed by atoms with Crippen molar-refractivity contribution in [3.05, 3.63) is 70.5 Å². The van der Waals surface area contributed by atoms with E-state index in [1.54, 1.807) is 56.1 Å². The van der Waals surface area contributed by atoms with Crippen molar-refractivity contribution in [1.82, 2.24) is 14.8 Å². The number of nitrogens with zero attached hydrogens (tertiary/aromatic N) is 5. The number of benzene rings is 2. The van der Waals surface area contributed by atoms with Crippen LogP contribution in [0.25, 0.3) is 11.4 Å². The van der Waals surface area contributed by atoms with E-state index in [0.29, 0.717) is 41.8 Å². The van der Waals surface area contributed by atoms with Gasteiger partial charge in [0, 0.05) is 29.2 Å². The number of halogens is 1. The van der Waals surface area contributed by atoms with Crippen molar-refractivity contribution in [1.29, 1.82) is 0 Å². The van der Waals surface area contributed by atoms with Gasteiger partial charge < -0.3 is 14.4 Å². The molecular formula is C26H24ClN5O3S. The lowest BCUT2D eigenvalue weighted by molar-refractivity contribution is 0.0986. The van der Waals surface area contributed by atoms with Crippen LogP contribution in [0.3, 0.4) is 0 Å². The monoisotopic (exact) mass is 521 g/mol. The number of hydrogen-bond acceptors (Lipinski definition) is 7. The van der Waals surface area contributed by atoms with Crippen molar-refractivity contribution < 1.29 is 14.3 Å². The van der Waals surface area contributed by atoms with Gasteiger partial charge in [-0.1, -0.05) is 29.0 Å². The summed E-state index contributed by atoms with van der Waals surface area (Å²) in [5.74, 6) is 2.23. The molecule has 36 heavy (non-hydrogen) atoms.